The molecule has 4 rings (SSSR count). The maximum Gasteiger partial charge on any atom is 0.152 e. The highest BCUT2D eigenvalue weighted by atomic mass is 16.5. The first-order chi connectivity index (χ1) is 14.7. The molecule has 0 saturated carbocycles. The van der Waals surface area contributed by atoms with Crippen molar-refractivity contribution >= 4 is 27.8 Å². The third-order valence-electron chi connectivity index (χ3n) is 5.00. The Kier molecular flexibility index (Phi) is 5.94. The van der Waals surface area contributed by atoms with Gasteiger partial charge in [0.05, 0.1) is 17.6 Å². The van der Waals surface area contributed by atoms with Gasteiger partial charge in [0.1, 0.15) is 24.1 Å². The molecule has 0 aliphatic carbocycles. The summed E-state index contributed by atoms with van der Waals surface area (Å²) in [4.78, 5) is 9.26. The van der Waals surface area contributed by atoms with Crippen LogP contribution in [-0.2, 0) is 16.0 Å². The molecular formula is C24H24N4O2. The summed E-state index contributed by atoms with van der Waals surface area (Å²) in [6, 6.07) is 17.8. The minimum absolute atomic E-state index is 0.187. The second-order valence-electron chi connectivity index (χ2n) is 6.93. The van der Waals surface area contributed by atoms with Gasteiger partial charge in [0.2, 0.25) is 0 Å². The molecule has 0 saturated heterocycles. The summed E-state index contributed by atoms with van der Waals surface area (Å²) < 4.78 is 13.4. The van der Waals surface area contributed by atoms with E-state index in [2.05, 4.69) is 21.4 Å². The number of hydrogen-bond acceptors (Lipinski definition) is 5. The SMILES string of the molecule is COC(C)c1nc2c(N)nc3ccccc3c2n1CCOCC#Cc1ccccc1. The third kappa shape index (κ3) is 3.99. The van der Waals surface area contributed by atoms with E-state index in [-0.39, 0.29) is 6.10 Å². The van der Waals surface area contributed by atoms with Crippen LogP contribution >= 0.6 is 0 Å². The number of rotatable bonds is 6. The molecule has 4 aromatic rings. The van der Waals surface area contributed by atoms with Crippen molar-refractivity contribution in [2.45, 2.75) is 19.6 Å². The van der Waals surface area contributed by atoms with E-state index in [9.17, 15) is 0 Å². The molecule has 2 aromatic heterocycles. The minimum atomic E-state index is -0.187. The number of ether oxygens (including phenoxy) is 2. The zero-order chi connectivity index (χ0) is 20.9. The van der Waals surface area contributed by atoms with Crippen molar-refractivity contribution in [3.05, 3.63) is 66.0 Å². The fourth-order valence-corrected chi connectivity index (χ4v) is 3.46. The summed E-state index contributed by atoms with van der Waals surface area (Å²) in [6.45, 7) is 3.44. The van der Waals surface area contributed by atoms with Gasteiger partial charge in [-0.15, -0.1) is 0 Å². The highest BCUT2D eigenvalue weighted by Gasteiger charge is 2.20. The van der Waals surface area contributed by atoms with Crippen LogP contribution in [0.4, 0.5) is 5.82 Å². The molecule has 0 bridgehead atoms. The molecule has 30 heavy (non-hydrogen) atoms. The van der Waals surface area contributed by atoms with Gasteiger partial charge in [0, 0.05) is 24.6 Å². The molecule has 2 N–H and O–H groups in total. The number of fused-ring (bicyclic) bond motifs is 3. The predicted molar refractivity (Wildman–Crippen MR) is 119 cm³/mol. The Morgan fingerprint density at radius 3 is 2.63 bits per heavy atom. The highest BCUT2D eigenvalue weighted by molar-refractivity contribution is 6.06. The maximum absolute atomic E-state index is 6.22. The number of aromatic nitrogens is 3. The Morgan fingerprint density at radius 2 is 1.83 bits per heavy atom. The molecule has 2 heterocycles. The van der Waals surface area contributed by atoms with Crippen LogP contribution in [0.3, 0.4) is 0 Å². The molecule has 0 aliphatic heterocycles. The number of imidazole rings is 1. The Bertz CT molecular complexity index is 1220. The van der Waals surface area contributed by atoms with E-state index in [1.165, 1.54) is 0 Å². The molecule has 0 radical (unpaired) electrons. The smallest absolute Gasteiger partial charge is 0.152 e. The summed E-state index contributed by atoms with van der Waals surface area (Å²) in [6.07, 6.45) is -0.187. The van der Waals surface area contributed by atoms with E-state index >= 15 is 0 Å². The predicted octanol–water partition coefficient (Wildman–Crippen LogP) is 3.94. The number of nitrogen functional groups attached to an aromatic ring is 1. The fraction of sp³-hybridized carbons (Fsp3) is 0.250. The van der Waals surface area contributed by atoms with Gasteiger partial charge in [-0.25, -0.2) is 9.97 Å². The lowest BCUT2D eigenvalue weighted by atomic mass is 10.2. The number of benzene rings is 2. The summed E-state index contributed by atoms with van der Waals surface area (Å²) in [7, 11) is 1.67. The molecule has 1 unspecified atom stereocenters. The molecule has 152 valence electrons. The summed E-state index contributed by atoms with van der Waals surface area (Å²) >= 11 is 0. The highest BCUT2D eigenvalue weighted by Crippen LogP contribution is 2.31. The topological polar surface area (TPSA) is 75.2 Å². The largest absolute Gasteiger partial charge is 0.382 e. The van der Waals surface area contributed by atoms with Crippen LogP contribution in [0.15, 0.2) is 54.6 Å². The van der Waals surface area contributed by atoms with E-state index in [0.29, 0.717) is 31.1 Å². The maximum atomic E-state index is 6.22. The van der Waals surface area contributed by atoms with Gasteiger partial charge < -0.3 is 19.8 Å². The molecule has 0 fully saturated rings. The molecule has 6 nitrogen and oxygen atoms in total. The quantitative estimate of drug-likeness (QED) is 0.392. The third-order valence-corrected chi connectivity index (χ3v) is 5.00. The van der Waals surface area contributed by atoms with Crippen LogP contribution in [-0.4, -0.2) is 34.9 Å². The van der Waals surface area contributed by atoms with Crippen molar-refractivity contribution in [2.75, 3.05) is 26.1 Å². The Labute approximate surface area is 175 Å². The van der Waals surface area contributed by atoms with Gasteiger partial charge in [-0.2, -0.15) is 0 Å². The van der Waals surface area contributed by atoms with Crippen molar-refractivity contribution in [2.24, 2.45) is 0 Å². The van der Waals surface area contributed by atoms with Gasteiger partial charge in [0.25, 0.3) is 0 Å². The fourth-order valence-electron chi connectivity index (χ4n) is 3.46. The average molecular weight is 400 g/mol. The van der Waals surface area contributed by atoms with E-state index in [4.69, 9.17) is 20.2 Å². The van der Waals surface area contributed by atoms with Gasteiger partial charge in [-0.1, -0.05) is 48.2 Å². The van der Waals surface area contributed by atoms with Crippen LogP contribution in [0.2, 0.25) is 0 Å². The lowest BCUT2D eigenvalue weighted by Crippen LogP contribution is -2.12. The minimum Gasteiger partial charge on any atom is -0.382 e. The van der Waals surface area contributed by atoms with Gasteiger partial charge in [0.15, 0.2) is 5.82 Å². The lowest BCUT2D eigenvalue weighted by Gasteiger charge is -2.14. The Hall–Kier alpha value is -3.40. The first-order valence-corrected chi connectivity index (χ1v) is 9.88. The second-order valence-corrected chi connectivity index (χ2v) is 6.93. The van der Waals surface area contributed by atoms with Gasteiger partial charge >= 0.3 is 0 Å². The molecule has 2 aromatic carbocycles. The average Bonchev–Trinajstić information content (AvgIpc) is 3.17. The van der Waals surface area contributed by atoms with Crippen LogP contribution < -0.4 is 5.73 Å². The van der Waals surface area contributed by atoms with E-state index < -0.39 is 0 Å². The van der Waals surface area contributed by atoms with Crippen LogP contribution in [0.25, 0.3) is 21.9 Å². The number of nitrogens with two attached hydrogens (primary N) is 1. The Morgan fingerprint density at radius 1 is 1.07 bits per heavy atom. The molecule has 0 aliphatic rings. The van der Waals surface area contributed by atoms with Crippen LogP contribution in [0, 0.1) is 11.8 Å². The molecule has 0 amide bonds. The van der Waals surface area contributed by atoms with E-state index in [1.807, 2.05) is 61.5 Å². The monoisotopic (exact) mass is 400 g/mol. The summed E-state index contributed by atoms with van der Waals surface area (Å²) in [5.74, 6) is 7.37. The number of pyridine rings is 1. The van der Waals surface area contributed by atoms with Crippen molar-refractivity contribution in [3.8, 4) is 11.8 Å². The van der Waals surface area contributed by atoms with Crippen LogP contribution in [0.5, 0.6) is 0 Å². The molecule has 6 heteroatoms. The Balaban J connectivity index is 1.59. The van der Waals surface area contributed by atoms with Crippen molar-refractivity contribution in [1.82, 2.24) is 14.5 Å². The number of nitrogens with zero attached hydrogens (tertiary/aromatic N) is 3. The van der Waals surface area contributed by atoms with Crippen molar-refractivity contribution < 1.29 is 9.47 Å². The zero-order valence-corrected chi connectivity index (χ0v) is 17.1. The van der Waals surface area contributed by atoms with E-state index in [0.717, 1.165) is 27.8 Å². The summed E-state index contributed by atoms with van der Waals surface area (Å²) in [5.41, 5.74) is 9.69. The van der Waals surface area contributed by atoms with Crippen molar-refractivity contribution in [1.29, 1.82) is 0 Å². The summed E-state index contributed by atoms with van der Waals surface area (Å²) in [5, 5.41) is 1.01. The first-order valence-electron chi connectivity index (χ1n) is 9.88. The van der Waals surface area contributed by atoms with Gasteiger partial charge in [-0.05, 0) is 25.1 Å². The number of methoxy groups -OCH3 is 1. The van der Waals surface area contributed by atoms with Crippen molar-refractivity contribution in [3.63, 3.8) is 0 Å². The normalized spacial score (nSPS) is 12.1. The molecular weight excluding hydrogens is 376 g/mol. The lowest BCUT2D eigenvalue weighted by molar-refractivity contribution is 0.105. The second kappa shape index (κ2) is 8.95. The number of anilines is 1. The van der Waals surface area contributed by atoms with Crippen LogP contribution in [0.1, 0.15) is 24.4 Å². The standard InChI is InChI=1S/C24H24N4O2/c1-17(29-2)24-27-21-22(19-12-6-7-13-20(19)26-23(21)25)28(24)14-16-30-15-8-11-18-9-4-3-5-10-18/h3-7,9-10,12-13,17H,14-16H2,1-2H3,(H2,25,26). The number of hydrogen-bond donors (Lipinski definition) is 1. The van der Waals surface area contributed by atoms with Gasteiger partial charge in [-0.3, -0.25) is 0 Å². The first kappa shape index (κ1) is 19.9. The number of para-hydroxylation sites is 1. The molecule has 1 atom stereocenters. The van der Waals surface area contributed by atoms with E-state index in [1.54, 1.807) is 7.11 Å². The zero-order valence-electron chi connectivity index (χ0n) is 17.1. The molecule has 0 spiro atoms.